The number of hydrogen-bond donors (Lipinski definition) is 1. The normalized spacial score (nSPS) is 10.4. The number of nitrogens with zero attached hydrogens (tertiary/aromatic N) is 2. The first-order valence-corrected chi connectivity index (χ1v) is 5.07. The van der Waals surface area contributed by atoms with Crippen LogP contribution in [-0.2, 0) is 6.42 Å². The van der Waals surface area contributed by atoms with Crippen LogP contribution >= 0.6 is 0 Å². The third-order valence-corrected chi connectivity index (χ3v) is 2.41. The quantitative estimate of drug-likeness (QED) is 0.651. The number of aromatic nitrogens is 2. The highest BCUT2D eigenvalue weighted by molar-refractivity contribution is 5.62. The van der Waals surface area contributed by atoms with Gasteiger partial charge in [0.1, 0.15) is 5.82 Å². The van der Waals surface area contributed by atoms with Crippen molar-refractivity contribution < 1.29 is 9.31 Å². The summed E-state index contributed by atoms with van der Waals surface area (Å²) in [5.41, 5.74) is 2.22. The summed E-state index contributed by atoms with van der Waals surface area (Å²) in [4.78, 5) is 9.94. The lowest BCUT2D eigenvalue weighted by atomic mass is 10.1. The number of H-pyrrole nitrogens is 1. The van der Waals surface area contributed by atoms with Gasteiger partial charge in [-0.1, -0.05) is 0 Å². The molecule has 1 aromatic carbocycles. The Morgan fingerprint density at radius 2 is 2.06 bits per heavy atom. The number of aromatic amines is 1. The molecule has 17 heavy (non-hydrogen) atoms. The highest BCUT2D eigenvalue weighted by Crippen LogP contribution is 2.21. The molecule has 1 N–H and O–H groups in total. The van der Waals surface area contributed by atoms with Crippen molar-refractivity contribution >= 4 is 0 Å². The highest BCUT2D eigenvalue weighted by Gasteiger charge is 2.10. The highest BCUT2D eigenvalue weighted by atomic mass is 19.1. The molecule has 0 aliphatic heterocycles. The van der Waals surface area contributed by atoms with Crippen LogP contribution in [0.1, 0.15) is 5.56 Å². The van der Waals surface area contributed by atoms with E-state index >= 15 is 0 Å². The Labute approximate surface area is 96.4 Å². The lowest BCUT2D eigenvalue weighted by Gasteiger charge is -2.01. The Balaban J connectivity index is 2.24. The first-order chi connectivity index (χ1) is 8.16. The summed E-state index contributed by atoms with van der Waals surface area (Å²) >= 11 is 0. The van der Waals surface area contributed by atoms with E-state index in [2.05, 4.69) is 10.2 Å². The van der Waals surface area contributed by atoms with Crippen LogP contribution in [0.3, 0.4) is 0 Å². The standard InChI is InChI=1S/C11H10FN3O2/c12-10-3-1-8(2-4-10)11-9(7-13-14-11)5-6-15(16)17/h1-4,7H,5-6H2,(H,13,14). The summed E-state index contributed by atoms with van der Waals surface area (Å²) in [6.07, 6.45) is 1.86. The maximum atomic E-state index is 12.8. The van der Waals surface area contributed by atoms with Gasteiger partial charge in [0.25, 0.3) is 0 Å². The molecule has 5 nitrogen and oxygen atoms in total. The second kappa shape index (κ2) is 4.73. The van der Waals surface area contributed by atoms with Crippen LogP contribution in [0.2, 0.25) is 0 Å². The molecule has 0 fully saturated rings. The van der Waals surface area contributed by atoms with E-state index in [4.69, 9.17) is 0 Å². The zero-order valence-electron chi connectivity index (χ0n) is 8.89. The number of hydrogen-bond acceptors (Lipinski definition) is 3. The summed E-state index contributed by atoms with van der Waals surface area (Å²) in [5.74, 6) is -0.319. The number of halogens is 1. The monoisotopic (exact) mass is 235 g/mol. The average Bonchev–Trinajstić information content (AvgIpc) is 2.75. The molecule has 0 saturated carbocycles. The van der Waals surface area contributed by atoms with Gasteiger partial charge in [0.2, 0.25) is 6.54 Å². The molecule has 0 aliphatic rings. The first-order valence-electron chi connectivity index (χ1n) is 5.07. The molecule has 0 saturated heterocycles. The molecule has 2 aromatic rings. The van der Waals surface area contributed by atoms with Gasteiger partial charge in [0, 0.05) is 22.5 Å². The van der Waals surface area contributed by atoms with Crippen LogP contribution < -0.4 is 0 Å². The van der Waals surface area contributed by atoms with Gasteiger partial charge in [-0.25, -0.2) is 4.39 Å². The number of rotatable bonds is 4. The van der Waals surface area contributed by atoms with E-state index in [-0.39, 0.29) is 17.3 Å². The van der Waals surface area contributed by atoms with E-state index in [1.807, 2.05) is 0 Å². The van der Waals surface area contributed by atoms with Crippen LogP contribution in [0.5, 0.6) is 0 Å². The SMILES string of the molecule is O=[N+]([O-])CCc1cn[nH]c1-c1ccc(F)cc1. The molecular formula is C11H10FN3O2. The van der Waals surface area contributed by atoms with Crippen LogP contribution in [0.4, 0.5) is 4.39 Å². The zero-order valence-corrected chi connectivity index (χ0v) is 8.89. The van der Waals surface area contributed by atoms with Gasteiger partial charge in [0.15, 0.2) is 0 Å². The Morgan fingerprint density at radius 1 is 1.35 bits per heavy atom. The van der Waals surface area contributed by atoms with Gasteiger partial charge >= 0.3 is 0 Å². The van der Waals surface area contributed by atoms with Crippen LogP contribution in [0.25, 0.3) is 11.3 Å². The largest absolute Gasteiger partial charge is 0.278 e. The second-order valence-electron chi connectivity index (χ2n) is 3.58. The van der Waals surface area contributed by atoms with Gasteiger partial charge in [-0.2, -0.15) is 5.10 Å². The molecular weight excluding hydrogens is 225 g/mol. The molecule has 6 heteroatoms. The average molecular weight is 235 g/mol. The fraction of sp³-hybridized carbons (Fsp3) is 0.182. The topological polar surface area (TPSA) is 71.8 Å². The molecule has 0 atom stereocenters. The molecule has 0 bridgehead atoms. The molecule has 2 rings (SSSR count). The maximum Gasteiger partial charge on any atom is 0.208 e. The van der Waals surface area contributed by atoms with Crippen molar-refractivity contribution in [2.45, 2.75) is 6.42 Å². The fourth-order valence-electron chi connectivity index (χ4n) is 1.58. The van der Waals surface area contributed by atoms with Crippen molar-refractivity contribution in [2.24, 2.45) is 0 Å². The summed E-state index contributed by atoms with van der Waals surface area (Å²) in [6.45, 7) is -0.145. The molecule has 0 amide bonds. The third-order valence-electron chi connectivity index (χ3n) is 2.41. The maximum absolute atomic E-state index is 12.8. The van der Waals surface area contributed by atoms with E-state index in [1.54, 1.807) is 18.3 Å². The lowest BCUT2D eigenvalue weighted by molar-refractivity contribution is -0.479. The van der Waals surface area contributed by atoms with Crippen molar-refractivity contribution in [1.29, 1.82) is 0 Å². The summed E-state index contributed by atoms with van der Waals surface area (Å²) in [7, 11) is 0. The minimum absolute atomic E-state index is 0.145. The van der Waals surface area contributed by atoms with E-state index in [0.717, 1.165) is 11.1 Å². The van der Waals surface area contributed by atoms with Crippen molar-refractivity contribution in [3.63, 3.8) is 0 Å². The van der Waals surface area contributed by atoms with Gasteiger partial charge in [-0.05, 0) is 24.3 Å². The van der Waals surface area contributed by atoms with Gasteiger partial charge in [0.05, 0.1) is 11.9 Å². The van der Waals surface area contributed by atoms with Gasteiger partial charge in [-0.3, -0.25) is 15.2 Å². The number of nitrogens with one attached hydrogen (secondary N) is 1. The summed E-state index contributed by atoms with van der Waals surface area (Å²) < 4.78 is 12.8. The lowest BCUT2D eigenvalue weighted by Crippen LogP contribution is -2.04. The third kappa shape index (κ3) is 2.66. The number of benzene rings is 1. The summed E-state index contributed by atoms with van der Waals surface area (Å²) in [6, 6.07) is 5.90. The molecule has 1 aromatic heterocycles. The van der Waals surface area contributed by atoms with Crippen molar-refractivity contribution in [3.05, 3.63) is 52.0 Å². The number of nitro groups is 1. The van der Waals surface area contributed by atoms with Crippen LogP contribution in [-0.4, -0.2) is 21.7 Å². The molecule has 0 aliphatic carbocycles. The second-order valence-corrected chi connectivity index (χ2v) is 3.58. The van der Waals surface area contributed by atoms with E-state index in [9.17, 15) is 14.5 Å². The smallest absolute Gasteiger partial charge is 0.208 e. The Hall–Kier alpha value is -2.24. The Kier molecular flexibility index (Phi) is 3.13. The predicted octanol–water partition coefficient (Wildman–Crippen LogP) is 2.03. The molecule has 0 radical (unpaired) electrons. The molecule has 0 unspecified atom stereocenters. The Morgan fingerprint density at radius 3 is 2.71 bits per heavy atom. The van der Waals surface area contributed by atoms with Crippen LogP contribution in [0.15, 0.2) is 30.5 Å². The van der Waals surface area contributed by atoms with Crippen LogP contribution in [0, 0.1) is 15.9 Å². The minimum Gasteiger partial charge on any atom is -0.278 e. The van der Waals surface area contributed by atoms with Gasteiger partial charge in [-0.15, -0.1) is 0 Å². The summed E-state index contributed by atoms with van der Waals surface area (Å²) in [5, 5.41) is 16.9. The Bertz CT molecular complexity index is 522. The fourth-order valence-corrected chi connectivity index (χ4v) is 1.58. The van der Waals surface area contributed by atoms with E-state index < -0.39 is 0 Å². The van der Waals surface area contributed by atoms with Crippen molar-refractivity contribution in [1.82, 2.24) is 10.2 Å². The molecule has 0 spiro atoms. The van der Waals surface area contributed by atoms with E-state index in [1.165, 1.54) is 12.1 Å². The van der Waals surface area contributed by atoms with Crippen molar-refractivity contribution in [2.75, 3.05) is 6.54 Å². The molecule has 1 heterocycles. The van der Waals surface area contributed by atoms with E-state index in [0.29, 0.717) is 12.1 Å². The molecule has 88 valence electrons. The predicted molar refractivity (Wildman–Crippen MR) is 59.5 cm³/mol. The first kappa shape index (κ1) is 11.3. The van der Waals surface area contributed by atoms with Gasteiger partial charge < -0.3 is 0 Å². The zero-order chi connectivity index (χ0) is 12.3. The van der Waals surface area contributed by atoms with Crippen molar-refractivity contribution in [3.8, 4) is 11.3 Å². The minimum atomic E-state index is -0.374.